The molecule has 0 saturated heterocycles. The summed E-state index contributed by atoms with van der Waals surface area (Å²) in [5, 5.41) is 7.42. The average Bonchev–Trinajstić information content (AvgIpc) is 0.811. The minimum absolute atomic E-state index is 0. The van der Waals surface area contributed by atoms with Crippen molar-refractivity contribution in [2.45, 2.75) is 6.92 Å². The van der Waals surface area contributed by atoms with E-state index in [1.54, 1.807) is 0 Å². The normalized spacial score (nSPS) is 4.17. The van der Waals surface area contributed by atoms with E-state index in [1.165, 1.54) is 0 Å². The summed E-state index contributed by atoms with van der Waals surface area (Å²) < 4.78 is 0. The fraction of sp³-hybridized carbons (Fsp3) is 0.500. The first-order valence-corrected chi connectivity index (χ1v) is 0.928. The Bertz CT molecular complexity index is 32.5. The Balaban J connectivity index is -0.0000000450. The predicted molar refractivity (Wildman–Crippen MR) is 27.6 cm³/mol. The van der Waals surface area contributed by atoms with Crippen LogP contribution in [0.2, 0.25) is 0 Å². The third-order valence-corrected chi connectivity index (χ3v) is 0. The van der Waals surface area contributed by atoms with Gasteiger partial charge in [0.15, 0.2) is 0 Å². The average molecular weight is 140 g/mol. The molecule has 4 heteroatoms. The first-order valence-electron chi connectivity index (χ1n) is 0.928. The maximum absolute atomic E-state index is 9.00. The molecule has 0 aliphatic heterocycles. The minimum atomic E-state index is -0.833. The van der Waals surface area contributed by atoms with Crippen molar-refractivity contribution in [1.82, 2.24) is 0 Å². The first kappa shape index (κ1) is 15.9. The Kier molecular flexibility index (Phi) is 28.3. The van der Waals surface area contributed by atoms with E-state index in [9.17, 15) is 0 Å². The Hall–Kier alpha value is 2.74. The van der Waals surface area contributed by atoms with Gasteiger partial charge in [-0.2, -0.15) is 0 Å². The molecule has 0 saturated carbocycles. The Morgan fingerprint density at radius 3 is 1.50 bits per heavy atom. The molecule has 0 fully saturated rings. The summed E-state index contributed by atoms with van der Waals surface area (Å²) in [5.41, 5.74) is 0. The number of hydrogen-bond acceptors (Lipinski definition) is 1. The van der Waals surface area contributed by atoms with Gasteiger partial charge in [-0.3, -0.25) is 4.79 Å². The van der Waals surface area contributed by atoms with Crippen LogP contribution >= 0.6 is 0 Å². The summed E-state index contributed by atoms with van der Waals surface area (Å²) in [4.78, 5) is 9.00. The van der Waals surface area contributed by atoms with Crippen LogP contribution in [0.4, 0.5) is 0 Å². The molecule has 0 aromatic carbocycles. The fourth-order valence-electron chi connectivity index (χ4n) is 0. The van der Waals surface area contributed by atoms with Crippen molar-refractivity contribution in [3.8, 4) is 0 Å². The van der Waals surface area contributed by atoms with Crippen LogP contribution in [0.3, 0.4) is 0 Å². The molecule has 0 radical (unpaired) electrons. The Labute approximate surface area is 122 Å². The van der Waals surface area contributed by atoms with Crippen LogP contribution in [0.25, 0.3) is 0 Å². The molecule has 0 aliphatic rings. The van der Waals surface area contributed by atoms with Crippen LogP contribution in [0.5, 0.6) is 0 Å². The molecule has 0 heterocycles. The topological polar surface area (TPSA) is 37.3 Å². The van der Waals surface area contributed by atoms with E-state index < -0.39 is 5.97 Å². The Morgan fingerprint density at radius 1 is 1.50 bits per heavy atom. The van der Waals surface area contributed by atoms with Crippen LogP contribution < -0.4 is 0 Å². The zero-order valence-corrected chi connectivity index (χ0v) is 2.36. The number of rotatable bonds is 0. The molecule has 0 aromatic heterocycles. The summed E-state index contributed by atoms with van der Waals surface area (Å²) in [6.45, 7) is 1.08. The zero-order valence-electron chi connectivity index (χ0n) is 2.36. The standard InChI is InChI=1S/C2H4O2.2K.2H/c1-2(3)4;;;;/h1H3,(H,3,4);;;;. The number of hydrogen-bond donors (Lipinski definition) is 1. The summed E-state index contributed by atoms with van der Waals surface area (Å²) in [7, 11) is 0. The van der Waals surface area contributed by atoms with Crippen molar-refractivity contribution >= 4 is 109 Å². The second-order valence-electron chi connectivity index (χ2n) is 0.519. The van der Waals surface area contributed by atoms with Gasteiger partial charge in [0.05, 0.1) is 0 Å². The van der Waals surface area contributed by atoms with Crippen molar-refractivity contribution in [3.63, 3.8) is 0 Å². The molecule has 1 N–H and O–H groups in total. The molecule has 28 valence electrons. The van der Waals surface area contributed by atoms with Crippen LogP contribution in [-0.4, -0.2) is 114 Å². The SMILES string of the molecule is CC(=O)O.[KH].[KH]. The van der Waals surface area contributed by atoms with E-state index in [-0.39, 0.29) is 103 Å². The van der Waals surface area contributed by atoms with Crippen LogP contribution in [0.15, 0.2) is 0 Å². The molecule has 0 rings (SSSR count). The van der Waals surface area contributed by atoms with E-state index in [0.29, 0.717) is 0 Å². The van der Waals surface area contributed by atoms with Gasteiger partial charge in [0.25, 0.3) is 5.97 Å². The van der Waals surface area contributed by atoms with E-state index in [2.05, 4.69) is 0 Å². The van der Waals surface area contributed by atoms with E-state index in [1.807, 2.05) is 0 Å². The van der Waals surface area contributed by atoms with Crippen molar-refractivity contribution in [2.24, 2.45) is 0 Å². The van der Waals surface area contributed by atoms with Gasteiger partial charge in [0.1, 0.15) is 0 Å². The van der Waals surface area contributed by atoms with Crippen LogP contribution in [-0.2, 0) is 4.79 Å². The molecular formula is C2H6K2O2. The van der Waals surface area contributed by atoms with E-state index in [4.69, 9.17) is 9.90 Å². The number of aliphatic carboxylic acids is 1. The molecule has 0 unspecified atom stereocenters. The number of carboxylic acids is 1. The third-order valence-electron chi connectivity index (χ3n) is 0. The van der Waals surface area contributed by atoms with Crippen molar-refractivity contribution < 1.29 is 9.90 Å². The monoisotopic (exact) mass is 140 g/mol. The van der Waals surface area contributed by atoms with E-state index in [0.717, 1.165) is 6.92 Å². The van der Waals surface area contributed by atoms with Gasteiger partial charge in [-0.25, -0.2) is 0 Å². The van der Waals surface area contributed by atoms with Crippen LogP contribution in [0.1, 0.15) is 6.92 Å². The summed E-state index contributed by atoms with van der Waals surface area (Å²) in [5.74, 6) is -0.833. The van der Waals surface area contributed by atoms with Gasteiger partial charge in [-0.05, 0) is 0 Å². The van der Waals surface area contributed by atoms with Gasteiger partial charge in [-0.1, -0.05) is 0 Å². The summed E-state index contributed by atoms with van der Waals surface area (Å²) in [6, 6.07) is 0. The van der Waals surface area contributed by atoms with Crippen molar-refractivity contribution in [1.29, 1.82) is 0 Å². The molecule has 0 aromatic rings. The molecule has 6 heavy (non-hydrogen) atoms. The van der Waals surface area contributed by atoms with Crippen molar-refractivity contribution in [3.05, 3.63) is 0 Å². The number of carbonyl (C=O) groups is 1. The van der Waals surface area contributed by atoms with Gasteiger partial charge >= 0.3 is 103 Å². The molecule has 0 aliphatic carbocycles. The molecule has 0 amide bonds. The molecular weight excluding hydrogens is 134 g/mol. The Morgan fingerprint density at radius 2 is 1.50 bits per heavy atom. The number of carboxylic acid groups (broad SMARTS) is 1. The zero-order chi connectivity index (χ0) is 3.58. The molecule has 0 spiro atoms. The molecule has 2 nitrogen and oxygen atoms in total. The second-order valence-corrected chi connectivity index (χ2v) is 0.519. The predicted octanol–water partition coefficient (Wildman–Crippen LogP) is -1.21. The van der Waals surface area contributed by atoms with Crippen molar-refractivity contribution in [2.75, 3.05) is 0 Å². The first-order chi connectivity index (χ1) is 1.73. The third kappa shape index (κ3) is 29.6. The molecule has 0 atom stereocenters. The van der Waals surface area contributed by atoms with Gasteiger partial charge in [0.2, 0.25) is 0 Å². The second kappa shape index (κ2) is 10.7. The van der Waals surface area contributed by atoms with Crippen LogP contribution in [0, 0.1) is 0 Å². The quantitative estimate of drug-likeness (QED) is 0.429. The summed E-state index contributed by atoms with van der Waals surface area (Å²) in [6.07, 6.45) is 0. The van der Waals surface area contributed by atoms with Gasteiger partial charge in [-0.15, -0.1) is 0 Å². The summed E-state index contributed by atoms with van der Waals surface area (Å²) >= 11 is 0. The van der Waals surface area contributed by atoms with E-state index >= 15 is 0 Å². The fourth-order valence-corrected chi connectivity index (χ4v) is 0. The maximum atomic E-state index is 9.00. The van der Waals surface area contributed by atoms with Gasteiger partial charge in [0, 0.05) is 6.92 Å². The van der Waals surface area contributed by atoms with Gasteiger partial charge < -0.3 is 5.11 Å². The molecule has 0 bridgehead atoms.